The molecule has 0 saturated carbocycles. The highest BCUT2D eigenvalue weighted by Crippen LogP contribution is 2.12. The molecule has 1 N–H and O–H groups in total. The Morgan fingerprint density at radius 1 is 1.22 bits per heavy atom. The molecule has 1 atom stereocenters. The number of likely N-dealkylation sites (N-methyl/N-ethyl adjacent to an activating group) is 1. The average Bonchev–Trinajstić information content (AvgIpc) is 2.69. The summed E-state index contributed by atoms with van der Waals surface area (Å²) in [6, 6.07) is 6.46. The van der Waals surface area contributed by atoms with Gasteiger partial charge in [0.05, 0.1) is 26.9 Å². The van der Waals surface area contributed by atoms with Crippen LogP contribution in [0.15, 0.2) is 36.4 Å². The monoisotopic (exact) mass is 378 g/mol. The smallest absolute Gasteiger partial charge is 0.268 e. The molecule has 7 nitrogen and oxygen atoms in total. The second-order valence-electron chi connectivity index (χ2n) is 5.76. The van der Waals surface area contributed by atoms with E-state index in [9.17, 15) is 9.59 Å². The zero-order chi connectivity index (χ0) is 20.1. The lowest BCUT2D eigenvalue weighted by Gasteiger charge is -2.22. The van der Waals surface area contributed by atoms with Gasteiger partial charge >= 0.3 is 0 Å². The third kappa shape index (κ3) is 7.90. The summed E-state index contributed by atoms with van der Waals surface area (Å²) in [5.74, 6) is -0.652. The Morgan fingerprint density at radius 2 is 1.93 bits per heavy atom. The molecule has 150 valence electrons. The molecule has 0 aromatic heterocycles. The predicted molar refractivity (Wildman–Crippen MR) is 103 cm³/mol. The van der Waals surface area contributed by atoms with Gasteiger partial charge in [0.2, 0.25) is 0 Å². The van der Waals surface area contributed by atoms with Gasteiger partial charge in [0, 0.05) is 19.2 Å². The number of benzene rings is 1. The van der Waals surface area contributed by atoms with Crippen molar-refractivity contribution in [3.8, 4) is 0 Å². The highest BCUT2D eigenvalue weighted by molar-refractivity contribution is 5.98. The van der Waals surface area contributed by atoms with Crippen molar-refractivity contribution < 1.29 is 23.9 Å². The van der Waals surface area contributed by atoms with Crippen LogP contribution in [0, 0.1) is 0 Å². The normalized spacial score (nSPS) is 12.1. The van der Waals surface area contributed by atoms with Crippen molar-refractivity contribution in [2.45, 2.75) is 32.9 Å². The van der Waals surface area contributed by atoms with Gasteiger partial charge in [-0.3, -0.25) is 14.4 Å². The van der Waals surface area contributed by atoms with E-state index in [1.807, 2.05) is 38.1 Å². The first-order chi connectivity index (χ1) is 13.0. The van der Waals surface area contributed by atoms with E-state index < -0.39 is 6.04 Å². The predicted octanol–water partition coefficient (Wildman–Crippen LogP) is 2.32. The Labute approximate surface area is 161 Å². The summed E-state index contributed by atoms with van der Waals surface area (Å²) in [7, 11) is 2.92. The minimum Gasteiger partial charge on any atom is -0.379 e. The van der Waals surface area contributed by atoms with Gasteiger partial charge in [-0.15, -0.1) is 0 Å². The molecular formula is C20H30N2O5. The lowest BCUT2D eigenvalue weighted by atomic mass is 10.1. The summed E-state index contributed by atoms with van der Waals surface area (Å²) < 4.78 is 10.8. The fraction of sp³-hybridized carbons (Fsp3) is 0.500. The fourth-order valence-electron chi connectivity index (χ4n) is 2.35. The van der Waals surface area contributed by atoms with Crippen LogP contribution in [-0.2, 0) is 25.7 Å². The number of allylic oxidation sites excluding steroid dienone is 1. The molecule has 2 amide bonds. The maximum Gasteiger partial charge on any atom is 0.268 e. The van der Waals surface area contributed by atoms with Gasteiger partial charge in [-0.2, -0.15) is 0 Å². The van der Waals surface area contributed by atoms with Crippen LogP contribution in [0.5, 0.6) is 0 Å². The molecule has 0 aliphatic carbocycles. The molecule has 0 aliphatic heterocycles. The Balaban J connectivity index is 2.81. The molecule has 0 heterocycles. The number of carbonyl (C=O) groups is 2. The number of nitrogens with zero attached hydrogens (tertiary/aromatic N) is 1. The molecule has 0 spiro atoms. The minimum atomic E-state index is -0.717. The third-order valence-corrected chi connectivity index (χ3v) is 3.89. The first-order valence-electron chi connectivity index (χ1n) is 9.02. The molecule has 1 aromatic rings. The molecule has 0 aliphatic rings. The van der Waals surface area contributed by atoms with Gasteiger partial charge in [0.25, 0.3) is 11.8 Å². The van der Waals surface area contributed by atoms with Crippen molar-refractivity contribution in [3.63, 3.8) is 0 Å². The Kier molecular flexibility index (Phi) is 11.0. The van der Waals surface area contributed by atoms with Crippen molar-refractivity contribution in [2.24, 2.45) is 0 Å². The van der Waals surface area contributed by atoms with Crippen molar-refractivity contribution in [3.05, 3.63) is 47.5 Å². The van der Waals surface area contributed by atoms with Gasteiger partial charge in [-0.05, 0) is 31.9 Å². The molecule has 27 heavy (non-hydrogen) atoms. The number of rotatable bonds is 12. The molecule has 0 saturated heterocycles. The van der Waals surface area contributed by atoms with Crippen molar-refractivity contribution in [1.29, 1.82) is 0 Å². The molecule has 0 bridgehead atoms. The van der Waals surface area contributed by atoms with E-state index in [2.05, 4.69) is 5.32 Å². The number of carbonyl (C=O) groups excluding carboxylic acids is 2. The van der Waals surface area contributed by atoms with Gasteiger partial charge < -0.3 is 14.8 Å². The Morgan fingerprint density at radius 3 is 2.59 bits per heavy atom. The van der Waals surface area contributed by atoms with Crippen molar-refractivity contribution in [2.75, 3.05) is 34.0 Å². The summed E-state index contributed by atoms with van der Waals surface area (Å²) in [5.41, 5.74) is 1.23. The van der Waals surface area contributed by atoms with Crippen LogP contribution >= 0.6 is 0 Å². The lowest BCUT2D eigenvalue weighted by molar-refractivity contribution is -0.170. The zero-order valence-electron chi connectivity index (χ0n) is 16.6. The summed E-state index contributed by atoms with van der Waals surface area (Å²) in [4.78, 5) is 30.1. The van der Waals surface area contributed by atoms with E-state index >= 15 is 0 Å². The van der Waals surface area contributed by atoms with Gasteiger partial charge in [0.1, 0.15) is 6.04 Å². The largest absolute Gasteiger partial charge is 0.379 e. The minimum absolute atomic E-state index is 0.294. The van der Waals surface area contributed by atoms with Crippen LogP contribution in [0.2, 0.25) is 0 Å². The van der Waals surface area contributed by atoms with E-state index in [1.54, 1.807) is 12.1 Å². The average molecular weight is 378 g/mol. The summed E-state index contributed by atoms with van der Waals surface area (Å²) >= 11 is 0. The van der Waals surface area contributed by atoms with Crippen LogP contribution in [-0.4, -0.2) is 56.9 Å². The van der Waals surface area contributed by atoms with Crippen LogP contribution in [0.25, 0.3) is 0 Å². The maximum atomic E-state index is 12.8. The lowest BCUT2D eigenvalue weighted by Crippen LogP contribution is -2.47. The number of hydrogen-bond acceptors (Lipinski definition) is 5. The van der Waals surface area contributed by atoms with E-state index in [4.69, 9.17) is 14.3 Å². The molecule has 0 unspecified atom stereocenters. The number of nitrogens with one attached hydrogen (secondary N) is 1. The number of hydroxylamine groups is 2. The van der Waals surface area contributed by atoms with Gasteiger partial charge in [0.15, 0.2) is 0 Å². The highest BCUT2D eigenvalue weighted by Gasteiger charge is 2.24. The van der Waals surface area contributed by atoms with Gasteiger partial charge in [-0.25, -0.2) is 5.06 Å². The summed E-state index contributed by atoms with van der Waals surface area (Å²) in [6.07, 6.45) is 4.04. The van der Waals surface area contributed by atoms with E-state index in [0.717, 1.165) is 10.6 Å². The molecular weight excluding hydrogens is 348 g/mol. The highest BCUT2D eigenvalue weighted by atomic mass is 16.7. The third-order valence-electron chi connectivity index (χ3n) is 3.89. The molecule has 1 aromatic carbocycles. The van der Waals surface area contributed by atoms with Crippen molar-refractivity contribution in [1.82, 2.24) is 10.4 Å². The molecule has 0 radical (unpaired) electrons. The van der Waals surface area contributed by atoms with E-state index in [1.165, 1.54) is 14.2 Å². The van der Waals surface area contributed by atoms with Crippen LogP contribution < -0.4 is 5.32 Å². The van der Waals surface area contributed by atoms with Gasteiger partial charge in [-0.1, -0.05) is 30.4 Å². The van der Waals surface area contributed by atoms with Crippen LogP contribution in [0.4, 0.5) is 0 Å². The second-order valence-corrected chi connectivity index (χ2v) is 5.76. The summed E-state index contributed by atoms with van der Waals surface area (Å²) in [5, 5.41) is 3.90. The number of hydrogen-bond donors (Lipinski definition) is 1. The number of ether oxygens (including phenoxy) is 2. The SMILES string of the molecule is C/C=C/C[C@H](NC(=O)c1ccccc1COCCOCC)C(=O)N(C)OC. The molecule has 7 heteroatoms. The van der Waals surface area contributed by atoms with Crippen LogP contribution in [0.1, 0.15) is 36.2 Å². The van der Waals surface area contributed by atoms with E-state index in [-0.39, 0.29) is 11.8 Å². The standard InChI is InChI=1S/C20H30N2O5/c1-5-7-12-18(20(24)22(3)25-4)21-19(23)17-11-9-8-10-16(17)15-27-14-13-26-6-2/h5,7-11,18H,6,12-15H2,1-4H3,(H,21,23)/b7-5+/t18-/m0/s1. The molecule has 0 fully saturated rings. The Hall–Kier alpha value is -2.22. The maximum absolute atomic E-state index is 12.8. The zero-order valence-corrected chi connectivity index (χ0v) is 16.6. The Bertz CT molecular complexity index is 618. The first kappa shape index (κ1) is 22.8. The second kappa shape index (κ2) is 13.0. The van der Waals surface area contributed by atoms with Crippen LogP contribution in [0.3, 0.4) is 0 Å². The molecule has 1 rings (SSSR count). The first-order valence-corrected chi connectivity index (χ1v) is 9.02. The topological polar surface area (TPSA) is 77.1 Å². The van der Waals surface area contributed by atoms with Crippen molar-refractivity contribution >= 4 is 11.8 Å². The number of amides is 2. The quantitative estimate of drug-likeness (QED) is 0.343. The van der Waals surface area contributed by atoms with E-state index in [0.29, 0.717) is 38.4 Å². The fourth-order valence-corrected chi connectivity index (χ4v) is 2.35. The summed E-state index contributed by atoms with van der Waals surface area (Å²) in [6.45, 7) is 5.67.